The van der Waals surface area contributed by atoms with Crippen LogP contribution in [-0.2, 0) is 11.5 Å². The van der Waals surface area contributed by atoms with Crippen molar-refractivity contribution in [3.8, 4) is 11.4 Å². The SMILES string of the molecule is CC(OCn1nc(-c2cccc(Br)c2)nc1C(N)=O)[Si](C)(C)C. The first-order valence-corrected chi connectivity index (χ1v) is 11.7. The lowest BCUT2D eigenvalue weighted by molar-refractivity contribution is 0.0464. The lowest BCUT2D eigenvalue weighted by Crippen LogP contribution is -2.38. The van der Waals surface area contributed by atoms with Gasteiger partial charge >= 0.3 is 0 Å². The van der Waals surface area contributed by atoms with E-state index in [9.17, 15) is 4.79 Å². The van der Waals surface area contributed by atoms with Crippen molar-refractivity contribution in [2.45, 2.75) is 39.0 Å². The molecular weight excluding hydrogens is 376 g/mol. The summed E-state index contributed by atoms with van der Waals surface area (Å²) < 4.78 is 8.20. The molecule has 1 aromatic heterocycles. The molecule has 0 aliphatic heterocycles. The Morgan fingerprint density at radius 1 is 1.43 bits per heavy atom. The third kappa shape index (κ3) is 4.49. The second-order valence-corrected chi connectivity index (χ2v) is 12.9. The summed E-state index contributed by atoms with van der Waals surface area (Å²) in [6.07, 6.45) is 0. The quantitative estimate of drug-likeness (QED) is 0.760. The summed E-state index contributed by atoms with van der Waals surface area (Å²) in [5.41, 5.74) is 6.34. The Kier molecular flexibility index (Phi) is 5.38. The monoisotopic (exact) mass is 396 g/mol. The van der Waals surface area contributed by atoms with E-state index >= 15 is 0 Å². The van der Waals surface area contributed by atoms with Gasteiger partial charge in [0.15, 0.2) is 5.82 Å². The first-order chi connectivity index (χ1) is 10.7. The largest absolute Gasteiger partial charge is 0.363 e. The zero-order valence-electron chi connectivity index (χ0n) is 13.7. The molecule has 0 radical (unpaired) electrons. The van der Waals surface area contributed by atoms with Crippen LogP contribution in [0.15, 0.2) is 28.7 Å². The van der Waals surface area contributed by atoms with E-state index in [1.807, 2.05) is 31.2 Å². The Hall–Kier alpha value is -1.51. The van der Waals surface area contributed by atoms with Crippen molar-refractivity contribution in [2.75, 3.05) is 0 Å². The predicted molar refractivity (Wildman–Crippen MR) is 95.6 cm³/mol. The number of ether oxygens (including phenoxy) is 1. The second-order valence-electron chi connectivity index (χ2n) is 6.44. The lowest BCUT2D eigenvalue weighted by Gasteiger charge is -2.25. The van der Waals surface area contributed by atoms with Crippen LogP contribution in [0.5, 0.6) is 0 Å². The van der Waals surface area contributed by atoms with Gasteiger partial charge in [0, 0.05) is 15.8 Å². The minimum atomic E-state index is -1.43. The molecule has 0 bridgehead atoms. The molecule has 0 saturated carbocycles. The molecule has 0 spiro atoms. The van der Waals surface area contributed by atoms with Gasteiger partial charge in [-0.25, -0.2) is 9.67 Å². The first-order valence-electron chi connectivity index (χ1n) is 7.30. The normalized spacial score (nSPS) is 13.1. The fourth-order valence-electron chi connectivity index (χ4n) is 1.80. The van der Waals surface area contributed by atoms with Gasteiger partial charge in [-0.05, 0) is 19.1 Å². The molecule has 2 rings (SSSR count). The van der Waals surface area contributed by atoms with Crippen molar-refractivity contribution < 1.29 is 9.53 Å². The Morgan fingerprint density at radius 3 is 2.70 bits per heavy atom. The van der Waals surface area contributed by atoms with E-state index in [1.165, 1.54) is 4.68 Å². The Labute approximate surface area is 145 Å². The summed E-state index contributed by atoms with van der Waals surface area (Å²) in [7, 11) is -1.43. The van der Waals surface area contributed by atoms with Crippen molar-refractivity contribution >= 4 is 29.9 Å². The van der Waals surface area contributed by atoms with Gasteiger partial charge in [0.2, 0.25) is 5.82 Å². The molecular formula is C15H21BrN4O2Si. The van der Waals surface area contributed by atoms with E-state index in [4.69, 9.17) is 10.5 Å². The summed E-state index contributed by atoms with van der Waals surface area (Å²) in [5, 5.41) is 4.37. The first kappa shape index (κ1) is 17.8. The highest BCUT2D eigenvalue weighted by atomic mass is 79.9. The minimum Gasteiger partial charge on any atom is -0.363 e. The summed E-state index contributed by atoms with van der Waals surface area (Å²) >= 11 is 3.41. The number of halogens is 1. The van der Waals surface area contributed by atoms with Crippen molar-refractivity contribution in [2.24, 2.45) is 5.73 Å². The van der Waals surface area contributed by atoms with Crippen LogP contribution < -0.4 is 5.73 Å². The van der Waals surface area contributed by atoms with E-state index in [-0.39, 0.29) is 18.3 Å². The second kappa shape index (κ2) is 6.94. The summed E-state index contributed by atoms with van der Waals surface area (Å²) in [4.78, 5) is 15.9. The van der Waals surface area contributed by atoms with Crippen LogP contribution >= 0.6 is 15.9 Å². The average Bonchev–Trinajstić information content (AvgIpc) is 2.88. The number of hydrogen-bond donors (Lipinski definition) is 1. The number of carbonyl (C=O) groups is 1. The van der Waals surface area contributed by atoms with Gasteiger partial charge in [-0.15, -0.1) is 5.10 Å². The van der Waals surface area contributed by atoms with Gasteiger partial charge < -0.3 is 10.5 Å². The molecule has 1 heterocycles. The number of nitrogens with two attached hydrogens (primary N) is 1. The van der Waals surface area contributed by atoms with Crippen LogP contribution in [0.25, 0.3) is 11.4 Å². The third-order valence-electron chi connectivity index (χ3n) is 3.64. The zero-order valence-corrected chi connectivity index (χ0v) is 16.3. The van der Waals surface area contributed by atoms with Crippen molar-refractivity contribution in [1.82, 2.24) is 14.8 Å². The number of rotatable bonds is 6. The molecule has 0 aliphatic rings. The Bertz CT molecular complexity index is 712. The van der Waals surface area contributed by atoms with Gasteiger partial charge in [-0.1, -0.05) is 47.7 Å². The van der Waals surface area contributed by atoms with Crippen molar-refractivity contribution in [3.63, 3.8) is 0 Å². The van der Waals surface area contributed by atoms with Crippen LogP contribution in [0, 0.1) is 0 Å². The van der Waals surface area contributed by atoms with Gasteiger partial charge in [0.1, 0.15) is 6.73 Å². The summed E-state index contributed by atoms with van der Waals surface area (Å²) in [5.74, 6) is -0.0740. The topological polar surface area (TPSA) is 83.0 Å². The highest BCUT2D eigenvalue weighted by Gasteiger charge is 2.24. The molecule has 0 aliphatic carbocycles. The molecule has 0 saturated heterocycles. The molecule has 8 heteroatoms. The summed E-state index contributed by atoms with van der Waals surface area (Å²) in [6, 6.07) is 7.55. The molecule has 6 nitrogen and oxygen atoms in total. The van der Waals surface area contributed by atoms with Crippen LogP contribution in [-0.4, -0.2) is 34.5 Å². The van der Waals surface area contributed by atoms with Gasteiger partial charge in [0.25, 0.3) is 5.91 Å². The predicted octanol–water partition coefficient (Wildman–Crippen LogP) is 3.05. The lowest BCUT2D eigenvalue weighted by atomic mass is 10.2. The Morgan fingerprint density at radius 2 is 2.13 bits per heavy atom. The van der Waals surface area contributed by atoms with E-state index in [2.05, 4.69) is 45.7 Å². The number of amides is 1. The van der Waals surface area contributed by atoms with Gasteiger partial charge in [-0.3, -0.25) is 4.79 Å². The number of hydrogen-bond acceptors (Lipinski definition) is 4. The summed E-state index contributed by atoms with van der Waals surface area (Å²) in [6.45, 7) is 8.87. The van der Waals surface area contributed by atoms with Crippen molar-refractivity contribution in [3.05, 3.63) is 34.6 Å². The van der Waals surface area contributed by atoms with Crippen LogP contribution in [0.1, 0.15) is 17.5 Å². The Balaban J connectivity index is 2.27. The molecule has 1 unspecified atom stereocenters. The maximum absolute atomic E-state index is 11.6. The number of nitrogens with zero attached hydrogens (tertiary/aromatic N) is 3. The molecule has 124 valence electrons. The minimum absolute atomic E-state index is 0.0998. The number of carbonyl (C=O) groups excluding carboxylic acids is 1. The van der Waals surface area contributed by atoms with E-state index < -0.39 is 14.0 Å². The van der Waals surface area contributed by atoms with E-state index in [1.54, 1.807) is 0 Å². The fraction of sp³-hybridized carbons (Fsp3) is 0.400. The number of benzene rings is 1. The highest BCUT2D eigenvalue weighted by Crippen LogP contribution is 2.20. The fourth-order valence-corrected chi connectivity index (χ4v) is 2.77. The maximum atomic E-state index is 11.6. The van der Waals surface area contributed by atoms with Gasteiger partial charge in [0.05, 0.1) is 8.07 Å². The third-order valence-corrected chi connectivity index (χ3v) is 6.74. The van der Waals surface area contributed by atoms with Crippen LogP contribution in [0.4, 0.5) is 0 Å². The molecule has 23 heavy (non-hydrogen) atoms. The molecule has 2 aromatic rings. The molecule has 1 amide bonds. The molecule has 2 N–H and O–H groups in total. The van der Waals surface area contributed by atoms with Crippen LogP contribution in [0.2, 0.25) is 19.6 Å². The molecule has 0 fully saturated rings. The van der Waals surface area contributed by atoms with Crippen molar-refractivity contribution in [1.29, 1.82) is 0 Å². The highest BCUT2D eigenvalue weighted by molar-refractivity contribution is 9.10. The number of aromatic nitrogens is 3. The maximum Gasteiger partial charge on any atom is 0.286 e. The van der Waals surface area contributed by atoms with E-state index in [0.29, 0.717) is 5.82 Å². The van der Waals surface area contributed by atoms with Gasteiger partial charge in [-0.2, -0.15) is 0 Å². The average molecular weight is 397 g/mol. The molecule has 1 aromatic carbocycles. The smallest absolute Gasteiger partial charge is 0.286 e. The van der Waals surface area contributed by atoms with Crippen LogP contribution in [0.3, 0.4) is 0 Å². The zero-order chi connectivity index (χ0) is 17.2. The van der Waals surface area contributed by atoms with E-state index in [0.717, 1.165) is 10.0 Å². The standard InChI is InChI=1S/C15H21BrN4O2Si/c1-10(23(2,3)4)22-9-20-15(13(17)21)18-14(19-20)11-6-5-7-12(16)8-11/h5-8,10H,9H2,1-4H3,(H2,17,21). The molecule has 1 atom stereocenters. The number of primary amides is 1.